The first-order chi connectivity index (χ1) is 24.0. The van der Waals surface area contributed by atoms with E-state index in [4.69, 9.17) is 19.2 Å². The zero-order valence-electron chi connectivity index (χ0n) is 29.2. The Morgan fingerprint density at radius 1 is 0.480 bits per heavy atom. The van der Waals surface area contributed by atoms with Gasteiger partial charge in [0.2, 0.25) is 11.8 Å². The molecule has 0 fully saturated rings. The Kier molecular flexibility index (Phi) is 5.94. The van der Waals surface area contributed by atoms with Crippen LogP contribution in [0.4, 0.5) is 17.1 Å². The van der Waals surface area contributed by atoms with E-state index < -0.39 is 0 Å². The summed E-state index contributed by atoms with van der Waals surface area (Å²) in [5, 5.41) is 0. The van der Waals surface area contributed by atoms with Gasteiger partial charge in [-0.3, -0.25) is 0 Å². The van der Waals surface area contributed by atoms with Gasteiger partial charge in [-0.1, -0.05) is 102 Å². The average Bonchev–Trinajstić information content (AvgIpc) is 3.10. The number of ether oxygens (including phenoxy) is 3. The molecular weight excluding hydrogens is 614 g/mol. The van der Waals surface area contributed by atoms with Crippen LogP contribution in [0.15, 0.2) is 109 Å². The minimum absolute atomic E-state index is 0.0778. The zero-order chi connectivity index (χ0) is 34.1. The van der Waals surface area contributed by atoms with E-state index in [-0.39, 0.29) is 24.3 Å². The van der Waals surface area contributed by atoms with Crippen molar-refractivity contribution in [1.29, 1.82) is 0 Å². The predicted molar refractivity (Wildman–Crippen MR) is 205 cm³/mol. The first kappa shape index (κ1) is 29.5. The van der Waals surface area contributed by atoms with E-state index in [2.05, 4.69) is 150 Å². The third-order valence-corrected chi connectivity index (χ3v) is 10.8. The molecule has 0 unspecified atom stereocenters. The second-order valence-corrected chi connectivity index (χ2v) is 16.0. The molecule has 0 aliphatic carbocycles. The third-order valence-electron chi connectivity index (χ3n) is 10.8. The smallest absolute Gasteiger partial charge is 0.262 e. The molecule has 0 N–H and O–H groups in total. The second-order valence-electron chi connectivity index (χ2n) is 16.0. The third kappa shape index (κ3) is 4.19. The van der Waals surface area contributed by atoms with Crippen LogP contribution in [-0.4, -0.2) is 18.4 Å². The Balaban J connectivity index is 1.23. The number of para-hydroxylation sites is 3. The zero-order valence-corrected chi connectivity index (χ0v) is 29.2. The van der Waals surface area contributed by atoms with E-state index in [0.29, 0.717) is 11.8 Å². The Morgan fingerprint density at radius 3 is 1.70 bits per heavy atom. The van der Waals surface area contributed by atoms with Crippen molar-refractivity contribution in [3.63, 3.8) is 0 Å². The van der Waals surface area contributed by atoms with Crippen LogP contribution < -0.4 is 51.9 Å². The van der Waals surface area contributed by atoms with Crippen molar-refractivity contribution >= 4 is 63.3 Å². The standard InChI is InChI=1S/C43H36B2N2O3/c1-42(2,3)25-20-33-38-35(21-25)49-40-30(44(38)28-16-10-12-18-32(28)47(33)27-14-8-7-9-15-27)24-31-41(46-40)50-37-23-26(43(4,5)6)22-36-39(37)45(31)29-17-11-13-19-34(29)48-36/h7-24H,1-6H3. The maximum atomic E-state index is 6.92. The molecule has 5 nitrogen and oxygen atoms in total. The highest BCUT2D eigenvalue weighted by Gasteiger charge is 2.47. The molecule has 0 saturated heterocycles. The van der Waals surface area contributed by atoms with Crippen molar-refractivity contribution in [1.82, 2.24) is 4.98 Å². The lowest BCUT2D eigenvalue weighted by molar-refractivity contribution is 0.425. The fourth-order valence-electron chi connectivity index (χ4n) is 8.20. The molecule has 0 amide bonds. The quantitative estimate of drug-likeness (QED) is 0.183. The van der Waals surface area contributed by atoms with Crippen LogP contribution in [0.1, 0.15) is 52.7 Å². The van der Waals surface area contributed by atoms with Crippen molar-refractivity contribution in [3.05, 3.63) is 120 Å². The lowest BCUT2D eigenvalue weighted by atomic mass is 9.31. The molecule has 7 heteroatoms. The number of pyridine rings is 1. The summed E-state index contributed by atoms with van der Waals surface area (Å²) in [5.41, 5.74) is 12.2. The van der Waals surface area contributed by atoms with Gasteiger partial charge in [0, 0.05) is 22.5 Å². The van der Waals surface area contributed by atoms with E-state index in [1.807, 2.05) is 6.07 Å². The predicted octanol–water partition coefficient (Wildman–Crippen LogP) is 6.81. The van der Waals surface area contributed by atoms with E-state index in [1.165, 1.54) is 11.0 Å². The van der Waals surface area contributed by atoms with Crippen molar-refractivity contribution < 1.29 is 14.2 Å². The summed E-state index contributed by atoms with van der Waals surface area (Å²) in [5.74, 6) is 4.53. The first-order valence-corrected chi connectivity index (χ1v) is 17.5. The number of aromatic nitrogens is 1. The first-order valence-electron chi connectivity index (χ1n) is 17.5. The van der Waals surface area contributed by atoms with Crippen LogP contribution in [0.2, 0.25) is 0 Å². The molecular formula is C43H36B2N2O3. The molecule has 0 atom stereocenters. The molecule has 50 heavy (non-hydrogen) atoms. The fourth-order valence-corrected chi connectivity index (χ4v) is 8.20. The molecule has 5 heterocycles. The number of anilines is 3. The Hall–Kier alpha value is -5.42. The fraction of sp³-hybridized carbons (Fsp3) is 0.186. The van der Waals surface area contributed by atoms with Crippen molar-refractivity contribution in [2.24, 2.45) is 0 Å². The second kappa shape index (κ2) is 10.1. The molecule has 0 bridgehead atoms. The molecule has 0 spiro atoms. The van der Waals surface area contributed by atoms with Gasteiger partial charge in [0.15, 0.2) is 0 Å². The molecule has 4 aliphatic heterocycles. The Morgan fingerprint density at radius 2 is 1.02 bits per heavy atom. The van der Waals surface area contributed by atoms with Gasteiger partial charge in [-0.25, -0.2) is 0 Å². The summed E-state index contributed by atoms with van der Waals surface area (Å²) in [6.45, 7) is 13.2. The van der Waals surface area contributed by atoms with Gasteiger partial charge in [-0.05, 0) is 97.8 Å². The van der Waals surface area contributed by atoms with Crippen LogP contribution in [0.5, 0.6) is 34.8 Å². The van der Waals surface area contributed by atoms with Gasteiger partial charge in [-0.15, -0.1) is 0 Å². The SMILES string of the molecule is CC(C)(C)c1cc2c3c(c1)Oc1nc4c(cc1B3c1ccccc1O2)B1c2ccccc2N(c2ccccc2)c2cc(C(C)(C)C)cc(c21)O4. The van der Waals surface area contributed by atoms with Gasteiger partial charge in [-0.2, -0.15) is 4.98 Å². The summed E-state index contributed by atoms with van der Waals surface area (Å²) in [6.07, 6.45) is 0. The molecule has 1 aromatic heterocycles. The van der Waals surface area contributed by atoms with Gasteiger partial charge in [0.05, 0.1) is 0 Å². The van der Waals surface area contributed by atoms with Crippen molar-refractivity contribution in [2.75, 3.05) is 4.90 Å². The summed E-state index contributed by atoms with van der Waals surface area (Å²) >= 11 is 0. The lowest BCUT2D eigenvalue weighted by Crippen LogP contribution is -2.63. The summed E-state index contributed by atoms with van der Waals surface area (Å²) in [4.78, 5) is 7.66. The lowest BCUT2D eigenvalue weighted by Gasteiger charge is -2.41. The Bertz CT molecular complexity index is 2410. The summed E-state index contributed by atoms with van der Waals surface area (Å²) in [7, 11) is 0. The number of hydrogen-bond donors (Lipinski definition) is 0. The minimum Gasteiger partial charge on any atom is -0.458 e. The van der Waals surface area contributed by atoms with E-state index >= 15 is 0 Å². The van der Waals surface area contributed by atoms with Crippen LogP contribution in [0.3, 0.4) is 0 Å². The van der Waals surface area contributed by atoms with E-state index in [0.717, 1.165) is 72.9 Å². The topological polar surface area (TPSA) is 43.8 Å². The molecule has 6 aromatic rings. The Labute approximate surface area is 294 Å². The van der Waals surface area contributed by atoms with Gasteiger partial charge >= 0.3 is 0 Å². The van der Waals surface area contributed by atoms with Crippen LogP contribution in [0.25, 0.3) is 0 Å². The number of benzene rings is 5. The van der Waals surface area contributed by atoms with Crippen molar-refractivity contribution in [3.8, 4) is 34.8 Å². The molecule has 5 aromatic carbocycles. The summed E-state index contributed by atoms with van der Waals surface area (Å²) < 4.78 is 20.3. The number of nitrogens with zero attached hydrogens (tertiary/aromatic N) is 2. The molecule has 10 rings (SSSR count). The summed E-state index contributed by atoms with van der Waals surface area (Å²) in [6, 6.07) is 39.0. The molecule has 4 aliphatic rings. The molecule has 0 saturated carbocycles. The van der Waals surface area contributed by atoms with E-state index in [1.54, 1.807) is 0 Å². The monoisotopic (exact) mass is 650 g/mol. The highest BCUT2D eigenvalue weighted by molar-refractivity contribution is 7.01. The van der Waals surface area contributed by atoms with Crippen molar-refractivity contribution in [2.45, 2.75) is 52.4 Å². The minimum atomic E-state index is -0.0982. The van der Waals surface area contributed by atoms with Gasteiger partial charge in [0.25, 0.3) is 13.4 Å². The highest BCUT2D eigenvalue weighted by atomic mass is 16.5. The van der Waals surface area contributed by atoms with Crippen LogP contribution in [-0.2, 0) is 10.8 Å². The molecule has 0 radical (unpaired) electrons. The largest absolute Gasteiger partial charge is 0.458 e. The van der Waals surface area contributed by atoms with Crippen LogP contribution >= 0.6 is 0 Å². The van der Waals surface area contributed by atoms with Crippen LogP contribution in [0, 0.1) is 0 Å². The number of rotatable bonds is 1. The number of hydrogen-bond acceptors (Lipinski definition) is 5. The maximum absolute atomic E-state index is 6.92. The number of fused-ring (bicyclic) bond motifs is 8. The van der Waals surface area contributed by atoms with E-state index in [9.17, 15) is 0 Å². The normalized spacial score (nSPS) is 14.6. The van der Waals surface area contributed by atoms with Gasteiger partial charge in [0.1, 0.15) is 23.0 Å². The molecule has 242 valence electrons. The average molecular weight is 650 g/mol. The highest BCUT2D eigenvalue weighted by Crippen LogP contribution is 2.44. The van der Waals surface area contributed by atoms with Gasteiger partial charge < -0.3 is 19.1 Å². The maximum Gasteiger partial charge on any atom is 0.262 e.